The lowest BCUT2D eigenvalue weighted by atomic mass is 10.1. The number of hydrogen-bond donors (Lipinski definition) is 1. The summed E-state index contributed by atoms with van der Waals surface area (Å²) < 4.78 is 0. The molecule has 3 heteroatoms. The lowest BCUT2D eigenvalue weighted by Gasteiger charge is -2.03. The Balaban J connectivity index is 2.31. The van der Waals surface area contributed by atoms with Crippen LogP contribution in [0.3, 0.4) is 0 Å². The van der Waals surface area contributed by atoms with Gasteiger partial charge in [0.15, 0.2) is 0 Å². The number of aryl methyl sites for hydroxylation is 2. The van der Waals surface area contributed by atoms with Crippen LogP contribution < -0.4 is 5.73 Å². The molecule has 2 N–H and O–H groups in total. The van der Waals surface area contributed by atoms with E-state index in [1.54, 1.807) is 0 Å². The van der Waals surface area contributed by atoms with Gasteiger partial charge < -0.3 is 5.73 Å². The Kier molecular flexibility index (Phi) is 3.85. The van der Waals surface area contributed by atoms with Gasteiger partial charge in [0, 0.05) is 6.54 Å². The molecule has 92 valence electrons. The van der Waals surface area contributed by atoms with Gasteiger partial charge in [0.25, 0.3) is 0 Å². The first-order chi connectivity index (χ1) is 8.69. The third-order valence-electron chi connectivity index (χ3n) is 2.74. The smallest absolute Gasteiger partial charge is 0.0904 e. The fourth-order valence-corrected chi connectivity index (χ4v) is 1.74. The maximum absolute atomic E-state index is 5.69. The number of nitrogens with two attached hydrogens (primary N) is 1. The lowest BCUT2D eigenvalue weighted by Crippen LogP contribution is -1.96. The maximum Gasteiger partial charge on any atom is 0.0904 e. The van der Waals surface area contributed by atoms with Crippen LogP contribution in [-0.2, 0) is 6.54 Å². The molecule has 18 heavy (non-hydrogen) atoms. The molecular weight excluding hydrogens is 222 g/mol. The van der Waals surface area contributed by atoms with Crippen LogP contribution in [0.2, 0.25) is 0 Å². The van der Waals surface area contributed by atoms with Crippen LogP contribution in [0.5, 0.6) is 0 Å². The summed E-state index contributed by atoms with van der Waals surface area (Å²) in [5.74, 6) is 0. The van der Waals surface area contributed by atoms with Gasteiger partial charge in [0.1, 0.15) is 0 Å². The minimum Gasteiger partial charge on any atom is -0.326 e. The molecule has 0 aliphatic heterocycles. The summed E-state index contributed by atoms with van der Waals surface area (Å²) in [6.07, 6.45) is 0. The predicted molar refractivity (Wildman–Crippen MR) is 74.4 cm³/mol. The maximum atomic E-state index is 5.69. The minimum absolute atomic E-state index is 0.475. The van der Waals surface area contributed by atoms with E-state index in [4.69, 9.17) is 5.73 Å². The molecule has 2 rings (SSSR count). The molecule has 0 spiro atoms. The topological polar surface area (TPSA) is 50.7 Å². The van der Waals surface area contributed by atoms with Gasteiger partial charge in [0.05, 0.1) is 11.4 Å². The number of benzene rings is 2. The van der Waals surface area contributed by atoms with Gasteiger partial charge in [-0.2, -0.15) is 10.2 Å². The number of azo groups is 1. The highest BCUT2D eigenvalue weighted by Gasteiger charge is 2.00. The highest BCUT2D eigenvalue weighted by molar-refractivity contribution is 5.49. The summed E-state index contributed by atoms with van der Waals surface area (Å²) in [4.78, 5) is 0. The minimum atomic E-state index is 0.475. The SMILES string of the molecule is Cc1cccc(N=Nc2cc(C)ccc2CN)c1. The van der Waals surface area contributed by atoms with Crippen LogP contribution in [0, 0.1) is 13.8 Å². The molecule has 2 aromatic carbocycles. The third-order valence-corrected chi connectivity index (χ3v) is 2.74. The summed E-state index contributed by atoms with van der Waals surface area (Å²) in [6, 6.07) is 14.0. The zero-order valence-corrected chi connectivity index (χ0v) is 10.7. The van der Waals surface area contributed by atoms with Gasteiger partial charge in [-0.1, -0.05) is 24.3 Å². The van der Waals surface area contributed by atoms with Crippen LogP contribution in [0.25, 0.3) is 0 Å². The molecule has 0 aromatic heterocycles. The molecule has 3 nitrogen and oxygen atoms in total. The molecule has 0 fully saturated rings. The molecule has 0 saturated heterocycles. The van der Waals surface area contributed by atoms with E-state index in [0.29, 0.717) is 6.54 Å². The van der Waals surface area contributed by atoms with E-state index < -0.39 is 0 Å². The van der Waals surface area contributed by atoms with Crippen LogP contribution in [0.15, 0.2) is 52.7 Å². The molecule has 0 atom stereocenters. The van der Waals surface area contributed by atoms with E-state index in [1.165, 1.54) is 5.56 Å². The highest BCUT2D eigenvalue weighted by atomic mass is 15.1. The van der Waals surface area contributed by atoms with Crippen molar-refractivity contribution in [2.45, 2.75) is 20.4 Å². The summed E-state index contributed by atoms with van der Waals surface area (Å²) >= 11 is 0. The van der Waals surface area contributed by atoms with Crippen molar-refractivity contribution in [1.29, 1.82) is 0 Å². The molecule has 0 unspecified atom stereocenters. The Hall–Kier alpha value is -2.00. The fourth-order valence-electron chi connectivity index (χ4n) is 1.74. The van der Waals surface area contributed by atoms with Crippen LogP contribution >= 0.6 is 0 Å². The summed E-state index contributed by atoms with van der Waals surface area (Å²) in [5, 5.41) is 8.55. The summed E-state index contributed by atoms with van der Waals surface area (Å²) in [6.45, 7) is 4.55. The van der Waals surface area contributed by atoms with Crippen molar-refractivity contribution < 1.29 is 0 Å². The quantitative estimate of drug-likeness (QED) is 0.802. The first-order valence-corrected chi connectivity index (χ1v) is 5.97. The largest absolute Gasteiger partial charge is 0.326 e. The van der Waals surface area contributed by atoms with Crippen LogP contribution in [0.1, 0.15) is 16.7 Å². The van der Waals surface area contributed by atoms with Crippen molar-refractivity contribution >= 4 is 11.4 Å². The number of nitrogens with zero attached hydrogens (tertiary/aromatic N) is 2. The van der Waals surface area contributed by atoms with Crippen LogP contribution in [-0.4, -0.2) is 0 Å². The fraction of sp³-hybridized carbons (Fsp3) is 0.200. The second-order valence-corrected chi connectivity index (χ2v) is 4.38. The van der Waals surface area contributed by atoms with E-state index in [9.17, 15) is 0 Å². The first-order valence-electron chi connectivity index (χ1n) is 5.97. The van der Waals surface area contributed by atoms with Crippen molar-refractivity contribution in [2.24, 2.45) is 16.0 Å². The molecule has 0 heterocycles. The molecule has 0 saturated carbocycles. The zero-order chi connectivity index (χ0) is 13.0. The normalized spacial score (nSPS) is 11.1. The predicted octanol–water partition coefficient (Wildman–Crippen LogP) is 4.18. The Labute approximate surface area is 107 Å². The van der Waals surface area contributed by atoms with Gasteiger partial charge in [-0.25, -0.2) is 0 Å². The molecule has 0 amide bonds. The summed E-state index contributed by atoms with van der Waals surface area (Å²) in [5.41, 5.74) is 10.7. The standard InChI is InChI=1S/C15H17N3/c1-11-4-3-5-14(8-11)17-18-15-9-12(2)6-7-13(15)10-16/h3-9H,10,16H2,1-2H3. The van der Waals surface area contributed by atoms with E-state index in [1.807, 2.05) is 56.3 Å². The number of hydrogen-bond acceptors (Lipinski definition) is 3. The van der Waals surface area contributed by atoms with Gasteiger partial charge >= 0.3 is 0 Å². The number of rotatable bonds is 3. The van der Waals surface area contributed by atoms with Crippen molar-refractivity contribution in [1.82, 2.24) is 0 Å². The average Bonchev–Trinajstić information content (AvgIpc) is 2.37. The Bertz CT molecular complexity index is 574. The van der Waals surface area contributed by atoms with Gasteiger partial charge in [-0.15, -0.1) is 0 Å². The van der Waals surface area contributed by atoms with E-state index in [0.717, 1.165) is 22.5 Å². The van der Waals surface area contributed by atoms with Crippen molar-refractivity contribution in [2.75, 3.05) is 0 Å². The monoisotopic (exact) mass is 239 g/mol. The van der Waals surface area contributed by atoms with Crippen molar-refractivity contribution in [3.63, 3.8) is 0 Å². The average molecular weight is 239 g/mol. The van der Waals surface area contributed by atoms with Gasteiger partial charge in [-0.3, -0.25) is 0 Å². The molecular formula is C15H17N3. The Morgan fingerprint density at radius 3 is 2.44 bits per heavy atom. The van der Waals surface area contributed by atoms with Crippen molar-refractivity contribution in [3.05, 3.63) is 59.2 Å². The van der Waals surface area contributed by atoms with E-state index in [2.05, 4.69) is 10.2 Å². The molecule has 2 aromatic rings. The van der Waals surface area contributed by atoms with Crippen LogP contribution in [0.4, 0.5) is 11.4 Å². The van der Waals surface area contributed by atoms with E-state index >= 15 is 0 Å². The second-order valence-electron chi connectivity index (χ2n) is 4.38. The molecule has 0 radical (unpaired) electrons. The Morgan fingerprint density at radius 1 is 0.944 bits per heavy atom. The molecule has 0 aliphatic rings. The van der Waals surface area contributed by atoms with Gasteiger partial charge in [0.2, 0.25) is 0 Å². The van der Waals surface area contributed by atoms with Gasteiger partial charge in [-0.05, 0) is 48.7 Å². The van der Waals surface area contributed by atoms with Crippen molar-refractivity contribution in [3.8, 4) is 0 Å². The third kappa shape index (κ3) is 3.02. The molecule has 0 aliphatic carbocycles. The second kappa shape index (κ2) is 5.56. The lowest BCUT2D eigenvalue weighted by molar-refractivity contribution is 1.05. The van der Waals surface area contributed by atoms with E-state index in [-0.39, 0.29) is 0 Å². The first kappa shape index (κ1) is 12.5. The summed E-state index contributed by atoms with van der Waals surface area (Å²) in [7, 11) is 0. The zero-order valence-electron chi connectivity index (χ0n) is 10.7. The highest BCUT2D eigenvalue weighted by Crippen LogP contribution is 2.23. The molecule has 0 bridgehead atoms. The Morgan fingerprint density at radius 2 is 1.72 bits per heavy atom.